The van der Waals surface area contributed by atoms with Crippen molar-refractivity contribution in [2.75, 3.05) is 0 Å². The third-order valence-electron chi connectivity index (χ3n) is 2.76. The highest BCUT2D eigenvalue weighted by Gasteiger charge is 2.47. The fraction of sp³-hybridized carbons (Fsp3) is 0.333. The fourth-order valence-electron chi connectivity index (χ4n) is 1.80. The topological polar surface area (TPSA) is 49.7 Å². The van der Waals surface area contributed by atoms with E-state index in [9.17, 15) is 13.2 Å². The van der Waals surface area contributed by atoms with Gasteiger partial charge in [-0.2, -0.15) is 13.2 Å². The molecule has 1 heterocycles. The number of aliphatic hydroxyl groups is 2. The molecule has 1 unspecified atom stereocenters. The van der Waals surface area contributed by atoms with Crippen LogP contribution in [0.4, 0.5) is 13.2 Å². The Morgan fingerprint density at radius 2 is 1.95 bits per heavy atom. The summed E-state index contributed by atoms with van der Waals surface area (Å²) in [6.07, 6.45) is -8.33. The van der Waals surface area contributed by atoms with Crippen LogP contribution in [-0.2, 0) is 0 Å². The number of fused-ring (bicyclic) bond motifs is 1. The predicted octanol–water partition coefficient (Wildman–Crippen LogP) is 2.67. The van der Waals surface area contributed by atoms with E-state index >= 15 is 0 Å². The van der Waals surface area contributed by atoms with Gasteiger partial charge in [-0.05, 0) is 30.7 Å². The fourth-order valence-corrected chi connectivity index (χ4v) is 1.97. The highest BCUT2D eigenvalue weighted by molar-refractivity contribution is 6.31. The highest BCUT2D eigenvalue weighted by Crippen LogP contribution is 2.39. The van der Waals surface area contributed by atoms with Crippen LogP contribution in [0.5, 0.6) is 5.75 Å². The number of halogens is 4. The summed E-state index contributed by atoms with van der Waals surface area (Å²) in [5.74, 6) is 0.00799. The van der Waals surface area contributed by atoms with Gasteiger partial charge in [0.05, 0.1) is 0 Å². The largest absolute Gasteiger partial charge is 0.476 e. The van der Waals surface area contributed by atoms with E-state index < -0.39 is 24.1 Å². The second-order valence-corrected chi connectivity index (χ2v) is 4.60. The standard InChI is InChI=1S/C12H10ClF3O3/c1-5-2-9-6(4-8(5)13)3-7(11(17)18)10(19-9)12(14,15)16/h2-4,10-11,17-18H,1H3. The Kier molecular flexibility index (Phi) is 3.51. The van der Waals surface area contributed by atoms with Crippen LogP contribution >= 0.6 is 11.6 Å². The maximum Gasteiger partial charge on any atom is 0.429 e. The minimum absolute atomic E-state index is 0.00799. The lowest BCUT2D eigenvalue weighted by Gasteiger charge is -2.30. The average molecular weight is 295 g/mol. The number of hydrogen-bond acceptors (Lipinski definition) is 3. The van der Waals surface area contributed by atoms with Gasteiger partial charge in [0.2, 0.25) is 6.10 Å². The molecule has 3 nitrogen and oxygen atoms in total. The molecule has 0 amide bonds. The van der Waals surface area contributed by atoms with Gasteiger partial charge in [0.25, 0.3) is 0 Å². The first-order valence-electron chi connectivity index (χ1n) is 5.31. The molecule has 1 atom stereocenters. The van der Waals surface area contributed by atoms with Crippen molar-refractivity contribution in [3.05, 3.63) is 33.9 Å². The number of aliphatic hydroxyl groups excluding tert-OH is 1. The summed E-state index contributed by atoms with van der Waals surface area (Å²) in [5.41, 5.74) is 0.182. The van der Waals surface area contributed by atoms with Gasteiger partial charge in [0.15, 0.2) is 6.29 Å². The second kappa shape index (κ2) is 4.70. The zero-order valence-corrected chi connectivity index (χ0v) is 10.5. The van der Waals surface area contributed by atoms with E-state index in [-0.39, 0.29) is 11.3 Å². The lowest BCUT2D eigenvalue weighted by molar-refractivity contribution is -0.192. The van der Waals surface area contributed by atoms with Gasteiger partial charge in [-0.1, -0.05) is 11.6 Å². The van der Waals surface area contributed by atoms with Gasteiger partial charge in [-0.3, -0.25) is 0 Å². The van der Waals surface area contributed by atoms with Gasteiger partial charge in [-0.25, -0.2) is 0 Å². The maximum absolute atomic E-state index is 12.8. The molecule has 7 heteroatoms. The van der Waals surface area contributed by atoms with Crippen molar-refractivity contribution in [2.45, 2.75) is 25.5 Å². The molecule has 1 aliphatic rings. The van der Waals surface area contributed by atoms with Crippen LogP contribution < -0.4 is 4.74 Å². The van der Waals surface area contributed by atoms with Crippen LogP contribution in [0.1, 0.15) is 11.1 Å². The van der Waals surface area contributed by atoms with Crippen molar-refractivity contribution in [2.24, 2.45) is 0 Å². The van der Waals surface area contributed by atoms with Gasteiger partial charge in [0, 0.05) is 16.2 Å². The molecule has 1 aliphatic heterocycles. The molecule has 1 aromatic carbocycles. The molecule has 0 radical (unpaired) electrons. The van der Waals surface area contributed by atoms with Crippen LogP contribution in [0.2, 0.25) is 5.02 Å². The second-order valence-electron chi connectivity index (χ2n) is 4.20. The Hall–Kier alpha value is -1.24. The van der Waals surface area contributed by atoms with Gasteiger partial charge in [0.1, 0.15) is 5.75 Å². The van der Waals surface area contributed by atoms with Crippen LogP contribution in [0.15, 0.2) is 17.7 Å². The molecule has 0 fully saturated rings. The summed E-state index contributed by atoms with van der Waals surface area (Å²) in [6.45, 7) is 1.63. The zero-order valence-electron chi connectivity index (χ0n) is 9.70. The molecule has 0 saturated carbocycles. The van der Waals surface area contributed by atoms with Gasteiger partial charge < -0.3 is 14.9 Å². The highest BCUT2D eigenvalue weighted by atomic mass is 35.5. The molecule has 0 aliphatic carbocycles. The minimum Gasteiger partial charge on any atom is -0.476 e. The van der Waals surface area contributed by atoms with E-state index in [2.05, 4.69) is 0 Å². The number of alkyl halides is 3. The number of hydrogen-bond donors (Lipinski definition) is 2. The molecule has 0 saturated heterocycles. The maximum atomic E-state index is 12.8. The van der Waals surface area contributed by atoms with Gasteiger partial charge >= 0.3 is 6.18 Å². The first-order chi connectivity index (χ1) is 8.70. The molecule has 104 valence electrons. The van der Waals surface area contributed by atoms with Crippen LogP contribution in [0, 0.1) is 6.92 Å². The molecule has 0 spiro atoms. The number of rotatable bonds is 1. The van der Waals surface area contributed by atoms with Crippen molar-refractivity contribution in [3.63, 3.8) is 0 Å². The van der Waals surface area contributed by atoms with E-state index in [1.807, 2.05) is 0 Å². The van der Waals surface area contributed by atoms with Crippen molar-refractivity contribution < 1.29 is 28.1 Å². The summed E-state index contributed by atoms with van der Waals surface area (Å²) in [5, 5.41) is 18.4. The van der Waals surface area contributed by atoms with Crippen LogP contribution in [-0.4, -0.2) is 28.8 Å². The quantitative estimate of drug-likeness (QED) is 0.783. The number of aryl methyl sites for hydroxylation is 1. The summed E-state index contributed by atoms with van der Waals surface area (Å²) in [6, 6.07) is 2.80. The number of benzene rings is 1. The van der Waals surface area contributed by atoms with E-state index in [4.69, 9.17) is 26.6 Å². The Morgan fingerprint density at radius 1 is 1.32 bits per heavy atom. The Labute approximate surface area is 111 Å². The van der Waals surface area contributed by atoms with Crippen molar-refractivity contribution in [1.29, 1.82) is 0 Å². The molecule has 0 aromatic heterocycles. The first-order valence-corrected chi connectivity index (χ1v) is 5.69. The third-order valence-corrected chi connectivity index (χ3v) is 3.16. The molecule has 1 aromatic rings. The lowest BCUT2D eigenvalue weighted by Crippen LogP contribution is -2.41. The molecule has 2 N–H and O–H groups in total. The summed E-state index contributed by atoms with van der Waals surface area (Å²) in [4.78, 5) is 0. The average Bonchev–Trinajstić information content (AvgIpc) is 2.27. The predicted molar refractivity (Wildman–Crippen MR) is 62.9 cm³/mol. The van der Waals surface area contributed by atoms with E-state index in [1.165, 1.54) is 12.1 Å². The zero-order chi connectivity index (χ0) is 14.4. The van der Waals surface area contributed by atoms with Crippen molar-refractivity contribution in [1.82, 2.24) is 0 Å². The van der Waals surface area contributed by atoms with Gasteiger partial charge in [-0.15, -0.1) is 0 Å². The van der Waals surface area contributed by atoms with Crippen LogP contribution in [0.25, 0.3) is 6.08 Å². The normalized spacial score (nSPS) is 18.9. The molecular weight excluding hydrogens is 285 g/mol. The van der Waals surface area contributed by atoms with Crippen molar-refractivity contribution in [3.8, 4) is 5.75 Å². The molecule has 19 heavy (non-hydrogen) atoms. The van der Waals surface area contributed by atoms with Crippen molar-refractivity contribution >= 4 is 17.7 Å². The monoisotopic (exact) mass is 294 g/mol. The van der Waals surface area contributed by atoms with E-state index in [1.54, 1.807) is 6.92 Å². The lowest BCUT2D eigenvalue weighted by atomic mass is 9.99. The summed E-state index contributed by atoms with van der Waals surface area (Å²) >= 11 is 5.87. The molecule has 0 bridgehead atoms. The third kappa shape index (κ3) is 2.70. The SMILES string of the molecule is Cc1cc2c(cc1Cl)C=C(C(O)O)C(C(F)(F)F)O2. The smallest absolute Gasteiger partial charge is 0.429 e. The van der Waals surface area contributed by atoms with E-state index in [0.29, 0.717) is 10.6 Å². The Balaban J connectivity index is 2.54. The minimum atomic E-state index is -4.74. The summed E-state index contributed by atoms with van der Waals surface area (Å²) < 4.78 is 43.3. The van der Waals surface area contributed by atoms with Crippen LogP contribution in [0.3, 0.4) is 0 Å². The molecular formula is C12H10ClF3O3. The van der Waals surface area contributed by atoms with E-state index in [0.717, 1.165) is 6.08 Å². The number of ether oxygens (including phenoxy) is 1. The molecule has 2 rings (SSSR count). The Morgan fingerprint density at radius 3 is 2.47 bits per heavy atom. The Bertz CT molecular complexity index is 538. The first kappa shape index (κ1) is 14.2. The summed E-state index contributed by atoms with van der Waals surface area (Å²) in [7, 11) is 0.